The third kappa shape index (κ3) is 2.14. The van der Waals surface area contributed by atoms with Crippen LogP contribution in [0.25, 0.3) is 0 Å². The smallest absolute Gasteiger partial charge is 0.265 e. The van der Waals surface area contributed by atoms with Crippen LogP contribution in [0, 0.1) is 12.3 Å². The number of hydrogen-bond acceptors (Lipinski definition) is 4. The first-order valence-corrected chi connectivity index (χ1v) is 3.40. The second-order valence-electron chi connectivity index (χ2n) is 2.31. The number of rotatable bonds is 2. The normalized spacial score (nSPS) is 11.1. The predicted molar refractivity (Wildman–Crippen MR) is 41.8 cm³/mol. The maximum absolute atomic E-state index is 12.0. The zero-order chi connectivity index (χ0) is 10.8. The van der Waals surface area contributed by atoms with Gasteiger partial charge in [0.15, 0.2) is 0 Å². The Morgan fingerprint density at radius 2 is 2.21 bits per heavy atom. The van der Waals surface area contributed by atoms with Crippen molar-refractivity contribution in [2.45, 2.75) is 6.18 Å². The molecule has 1 aromatic rings. The summed E-state index contributed by atoms with van der Waals surface area (Å²) in [6.45, 7) is -0.0743. The molecule has 1 heterocycles. The number of alkyl halides is 3. The Bertz CT molecular complexity index is 349. The number of terminal acetylenes is 1. The van der Waals surface area contributed by atoms with Crippen LogP contribution in [-0.4, -0.2) is 21.7 Å². The quantitative estimate of drug-likeness (QED) is 0.409. The molecule has 5 nitrogen and oxygen atoms in total. The summed E-state index contributed by atoms with van der Waals surface area (Å²) in [5, 5.41) is 5.78. The lowest BCUT2D eigenvalue weighted by Crippen LogP contribution is -2.32. The Labute approximate surface area is 77.1 Å². The fourth-order valence-electron chi connectivity index (χ4n) is 0.677. The average Bonchev–Trinajstić information content (AvgIpc) is 2.51. The molecule has 0 amide bonds. The molecule has 1 aromatic heterocycles. The summed E-state index contributed by atoms with van der Waals surface area (Å²) < 4.78 is 36.1. The summed E-state index contributed by atoms with van der Waals surface area (Å²) in [7, 11) is 0. The fourth-order valence-corrected chi connectivity index (χ4v) is 0.677. The molecule has 0 aliphatic carbocycles. The van der Waals surface area contributed by atoms with Gasteiger partial charge in [-0.05, 0) is 0 Å². The van der Waals surface area contributed by atoms with E-state index in [1.807, 2.05) is 0 Å². The second-order valence-corrected chi connectivity index (χ2v) is 2.31. The molecule has 0 spiro atoms. The van der Waals surface area contributed by atoms with E-state index in [1.54, 1.807) is 5.10 Å². The first-order valence-electron chi connectivity index (χ1n) is 3.40. The summed E-state index contributed by atoms with van der Waals surface area (Å²) in [5.41, 5.74) is 0. The lowest BCUT2D eigenvalue weighted by molar-refractivity contribution is -0.144. The van der Waals surface area contributed by atoms with Crippen molar-refractivity contribution in [3.05, 3.63) is 5.82 Å². The SMILES string of the molecule is C#CCN(N)c1n[nH]c(C(F)(F)F)n1. The summed E-state index contributed by atoms with van der Waals surface area (Å²) in [5.74, 6) is 5.88. The van der Waals surface area contributed by atoms with Crippen LogP contribution in [0.2, 0.25) is 0 Å². The summed E-state index contributed by atoms with van der Waals surface area (Å²) in [6.07, 6.45) is 0.332. The van der Waals surface area contributed by atoms with E-state index < -0.39 is 12.0 Å². The highest BCUT2D eigenvalue weighted by Crippen LogP contribution is 2.26. The van der Waals surface area contributed by atoms with Gasteiger partial charge in [-0.3, -0.25) is 10.1 Å². The lowest BCUT2D eigenvalue weighted by Gasteiger charge is -2.08. The minimum Gasteiger partial charge on any atom is -0.265 e. The largest absolute Gasteiger partial charge is 0.451 e. The number of anilines is 1. The molecule has 76 valence electrons. The zero-order valence-corrected chi connectivity index (χ0v) is 6.84. The number of halogens is 3. The van der Waals surface area contributed by atoms with Crippen LogP contribution in [0.4, 0.5) is 19.1 Å². The predicted octanol–water partition coefficient (Wildman–Crippen LogP) is 0.137. The number of hydrogen-bond donors (Lipinski definition) is 2. The number of H-pyrrole nitrogens is 1. The van der Waals surface area contributed by atoms with Gasteiger partial charge in [0.1, 0.15) is 0 Å². The first-order chi connectivity index (χ1) is 6.45. The molecule has 3 N–H and O–H groups in total. The van der Waals surface area contributed by atoms with E-state index in [0.717, 1.165) is 5.01 Å². The van der Waals surface area contributed by atoms with Crippen molar-refractivity contribution in [3.63, 3.8) is 0 Å². The van der Waals surface area contributed by atoms with Gasteiger partial charge in [-0.2, -0.15) is 18.2 Å². The molecule has 1 rings (SSSR count). The minimum atomic E-state index is -4.57. The molecule has 0 fully saturated rings. The highest BCUT2D eigenvalue weighted by atomic mass is 19.4. The van der Waals surface area contributed by atoms with E-state index in [-0.39, 0.29) is 12.5 Å². The molecular weight excluding hydrogens is 199 g/mol. The third-order valence-corrected chi connectivity index (χ3v) is 1.26. The van der Waals surface area contributed by atoms with Crippen LogP contribution >= 0.6 is 0 Å². The fraction of sp³-hybridized carbons (Fsp3) is 0.333. The van der Waals surface area contributed by atoms with E-state index in [1.165, 1.54) is 0 Å². The number of hydrazine groups is 1. The molecule has 0 unspecified atom stereocenters. The molecule has 0 saturated carbocycles. The maximum atomic E-state index is 12.0. The van der Waals surface area contributed by atoms with Crippen molar-refractivity contribution in [1.29, 1.82) is 0 Å². The molecule has 0 radical (unpaired) electrons. The highest BCUT2D eigenvalue weighted by molar-refractivity contribution is 5.28. The van der Waals surface area contributed by atoms with Crippen molar-refractivity contribution >= 4 is 5.95 Å². The van der Waals surface area contributed by atoms with Gasteiger partial charge in [-0.25, -0.2) is 5.84 Å². The number of nitrogens with one attached hydrogen (secondary N) is 1. The Balaban J connectivity index is 2.84. The van der Waals surface area contributed by atoms with Gasteiger partial charge in [0, 0.05) is 0 Å². The van der Waals surface area contributed by atoms with E-state index in [9.17, 15) is 13.2 Å². The summed E-state index contributed by atoms with van der Waals surface area (Å²) in [6, 6.07) is 0. The summed E-state index contributed by atoms with van der Waals surface area (Å²) in [4.78, 5) is 3.11. The Morgan fingerprint density at radius 1 is 1.57 bits per heavy atom. The Hall–Kier alpha value is -1.75. The van der Waals surface area contributed by atoms with Crippen LogP contribution in [0.5, 0.6) is 0 Å². The average molecular weight is 205 g/mol. The maximum Gasteiger partial charge on any atom is 0.451 e. The van der Waals surface area contributed by atoms with E-state index in [0.29, 0.717) is 0 Å². The second kappa shape index (κ2) is 3.55. The van der Waals surface area contributed by atoms with Crippen LogP contribution in [0.15, 0.2) is 0 Å². The Morgan fingerprint density at radius 3 is 2.64 bits per heavy atom. The van der Waals surface area contributed by atoms with Crippen molar-refractivity contribution in [3.8, 4) is 12.3 Å². The number of aromatic nitrogens is 3. The van der Waals surface area contributed by atoms with Gasteiger partial charge < -0.3 is 0 Å². The first kappa shape index (κ1) is 10.3. The number of nitrogens with two attached hydrogens (primary N) is 1. The summed E-state index contributed by atoms with van der Waals surface area (Å²) >= 11 is 0. The molecule has 8 heteroatoms. The molecule has 0 saturated heterocycles. The van der Waals surface area contributed by atoms with E-state index >= 15 is 0 Å². The lowest BCUT2D eigenvalue weighted by atomic mass is 10.6. The molecule has 14 heavy (non-hydrogen) atoms. The molecule has 0 bridgehead atoms. The van der Waals surface area contributed by atoms with Gasteiger partial charge >= 0.3 is 6.18 Å². The molecule has 0 aliphatic heterocycles. The van der Waals surface area contributed by atoms with Gasteiger partial charge in [-0.15, -0.1) is 11.5 Å². The topological polar surface area (TPSA) is 70.8 Å². The van der Waals surface area contributed by atoms with Crippen molar-refractivity contribution < 1.29 is 13.2 Å². The molecule has 0 aliphatic rings. The van der Waals surface area contributed by atoms with Crippen molar-refractivity contribution in [2.24, 2.45) is 5.84 Å². The van der Waals surface area contributed by atoms with Gasteiger partial charge in [-0.1, -0.05) is 5.92 Å². The van der Waals surface area contributed by atoms with Crippen LogP contribution in [0.3, 0.4) is 0 Å². The van der Waals surface area contributed by atoms with Gasteiger partial charge in [0.2, 0.25) is 5.82 Å². The zero-order valence-electron chi connectivity index (χ0n) is 6.84. The highest BCUT2D eigenvalue weighted by Gasteiger charge is 2.35. The van der Waals surface area contributed by atoms with Crippen molar-refractivity contribution in [1.82, 2.24) is 15.2 Å². The standard InChI is InChI=1S/C6H6F3N5/c1-2-3-14(10)5-11-4(12-13-5)6(7,8)9/h1H,3,10H2,(H,11,12,13). The minimum absolute atomic E-state index is 0.0743. The van der Waals surface area contributed by atoms with E-state index in [4.69, 9.17) is 12.3 Å². The third-order valence-electron chi connectivity index (χ3n) is 1.26. The molecule has 0 atom stereocenters. The van der Waals surface area contributed by atoms with Crippen LogP contribution in [-0.2, 0) is 6.18 Å². The van der Waals surface area contributed by atoms with Crippen molar-refractivity contribution in [2.75, 3.05) is 11.6 Å². The van der Waals surface area contributed by atoms with Crippen LogP contribution in [0.1, 0.15) is 5.82 Å². The molecule has 0 aromatic carbocycles. The number of nitrogens with zero attached hydrogens (tertiary/aromatic N) is 3. The van der Waals surface area contributed by atoms with Gasteiger partial charge in [0.05, 0.1) is 6.54 Å². The number of aromatic amines is 1. The Kier molecular flexibility index (Phi) is 2.62. The van der Waals surface area contributed by atoms with E-state index in [2.05, 4.69) is 16.0 Å². The molecular formula is C6H6F3N5. The van der Waals surface area contributed by atoms with Crippen LogP contribution < -0.4 is 10.9 Å². The monoisotopic (exact) mass is 205 g/mol. The van der Waals surface area contributed by atoms with Gasteiger partial charge in [0.25, 0.3) is 5.95 Å².